The number of allylic oxidation sites excluding steroid dienone is 2. The zero-order chi connectivity index (χ0) is 24.4. The molecule has 1 aliphatic rings. The second-order valence-corrected chi connectivity index (χ2v) is 9.10. The Morgan fingerprint density at radius 3 is 2.65 bits per heavy atom. The van der Waals surface area contributed by atoms with Gasteiger partial charge in [0.1, 0.15) is 5.75 Å². The Morgan fingerprint density at radius 1 is 1.24 bits per heavy atom. The molecule has 0 saturated carbocycles. The van der Waals surface area contributed by atoms with Gasteiger partial charge < -0.3 is 9.84 Å². The largest absolute Gasteiger partial charge is 0.508 e. The zero-order valence-corrected chi connectivity index (χ0v) is 20.2. The highest BCUT2D eigenvalue weighted by Crippen LogP contribution is 2.30. The first-order valence-electron chi connectivity index (χ1n) is 11.0. The molecule has 2 aromatic carbocycles. The molecule has 0 aliphatic carbocycles. The topological polar surface area (TPSA) is 80.9 Å². The molecule has 4 rings (SSSR count). The molecule has 0 radical (unpaired) electrons. The minimum atomic E-state index is -0.630. The van der Waals surface area contributed by atoms with E-state index in [2.05, 4.69) is 11.6 Å². The van der Waals surface area contributed by atoms with E-state index in [1.807, 2.05) is 37.3 Å². The molecular weight excluding hydrogens is 448 g/mol. The van der Waals surface area contributed by atoms with Gasteiger partial charge in [0.05, 0.1) is 28.5 Å². The Bertz CT molecular complexity index is 1480. The average Bonchev–Trinajstić information content (AvgIpc) is 3.10. The first-order valence-corrected chi connectivity index (χ1v) is 11.8. The van der Waals surface area contributed by atoms with Crippen molar-refractivity contribution in [3.8, 4) is 5.75 Å². The van der Waals surface area contributed by atoms with E-state index >= 15 is 0 Å². The number of thiazole rings is 1. The third kappa shape index (κ3) is 4.39. The molecule has 34 heavy (non-hydrogen) atoms. The highest BCUT2D eigenvalue weighted by Gasteiger charge is 2.33. The molecule has 7 heteroatoms. The number of hydrogen-bond acceptors (Lipinski definition) is 6. The number of carbonyl (C=O) groups excluding carboxylic acids is 1. The van der Waals surface area contributed by atoms with E-state index in [0.717, 1.165) is 22.3 Å². The van der Waals surface area contributed by atoms with Crippen LogP contribution in [-0.2, 0) is 16.0 Å². The molecule has 0 fully saturated rings. The molecule has 174 valence electrons. The SMILES string of the molecule is C=CCc1cc(/C=c2/sc3n(c2=O)[C@H](c2ccc(C)cc2)C(C(=O)OCC)=C(C)N=3)ccc1O. The Morgan fingerprint density at radius 2 is 1.97 bits per heavy atom. The minimum absolute atomic E-state index is 0.188. The van der Waals surface area contributed by atoms with E-state index < -0.39 is 12.0 Å². The molecule has 0 spiro atoms. The van der Waals surface area contributed by atoms with Crippen molar-refractivity contribution in [1.82, 2.24) is 4.57 Å². The van der Waals surface area contributed by atoms with Crippen LogP contribution in [0.3, 0.4) is 0 Å². The summed E-state index contributed by atoms with van der Waals surface area (Å²) in [5.41, 5.74) is 4.08. The van der Waals surface area contributed by atoms with E-state index in [4.69, 9.17) is 4.74 Å². The predicted octanol–water partition coefficient (Wildman–Crippen LogP) is 3.54. The van der Waals surface area contributed by atoms with E-state index in [1.165, 1.54) is 11.3 Å². The number of fused-ring (bicyclic) bond motifs is 1. The molecule has 1 aliphatic heterocycles. The molecule has 1 atom stereocenters. The van der Waals surface area contributed by atoms with Crippen molar-refractivity contribution in [1.29, 1.82) is 0 Å². The molecule has 0 unspecified atom stereocenters. The van der Waals surface area contributed by atoms with Crippen LogP contribution in [0.5, 0.6) is 5.75 Å². The summed E-state index contributed by atoms with van der Waals surface area (Å²) < 4.78 is 7.39. The third-order valence-electron chi connectivity index (χ3n) is 5.68. The van der Waals surface area contributed by atoms with E-state index in [0.29, 0.717) is 27.0 Å². The van der Waals surface area contributed by atoms with Crippen LogP contribution in [0.1, 0.15) is 42.1 Å². The number of aromatic hydroxyl groups is 1. The van der Waals surface area contributed by atoms with E-state index in [9.17, 15) is 14.7 Å². The minimum Gasteiger partial charge on any atom is -0.508 e. The number of aryl methyl sites for hydroxylation is 1. The van der Waals surface area contributed by atoms with Crippen molar-refractivity contribution >= 4 is 23.4 Å². The quantitative estimate of drug-likeness (QED) is 0.438. The molecule has 2 heterocycles. The third-order valence-corrected chi connectivity index (χ3v) is 6.66. The summed E-state index contributed by atoms with van der Waals surface area (Å²) in [4.78, 5) is 31.7. The number of aromatic nitrogens is 1. The van der Waals surface area contributed by atoms with Gasteiger partial charge >= 0.3 is 5.97 Å². The molecule has 6 nitrogen and oxygen atoms in total. The highest BCUT2D eigenvalue weighted by atomic mass is 32.1. The van der Waals surface area contributed by atoms with Gasteiger partial charge in [0.15, 0.2) is 4.80 Å². The second-order valence-electron chi connectivity index (χ2n) is 8.09. The number of phenols is 1. The van der Waals surface area contributed by atoms with Crippen LogP contribution in [-0.4, -0.2) is 22.2 Å². The summed E-state index contributed by atoms with van der Waals surface area (Å²) in [5, 5.41) is 10.1. The lowest BCUT2D eigenvalue weighted by Gasteiger charge is -2.24. The van der Waals surface area contributed by atoms with Crippen molar-refractivity contribution < 1.29 is 14.6 Å². The zero-order valence-electron chi connectivity index (χ0n) is 19.4. The molecule has 1 aromatic heterocycles. The molecule has 0 bridgehead atoms. The van der Waals surface area contributed by atoms with Gasteiger partial charge in [0.2, 0.25) is 0 Å². The van der Waals surface area contributed by atoms with Crippen molar-refractivity contribution in [3.05, 3.63) is 108 Å². The smallest absolute Gasteiger partial charge is 0.338 e. The fraction of sp³-hybridized carbons (Fsp3) is 0.222. The maximum Gasteiger partial charge on any atom is 0.338 e. The lowest BCUT2D eigenvalue weighted by atomic mass is 9.95. The highest BCUT2D eigenvalue weighted by molar-refractivity contribution is 7.07. The summed E-state index contributed by atoms with van der Waals surface area (Å²) in [6.07, 6.45) is 4.02. The lowest BCUT2D eigenvalue weighted by molar-refractivity contribution is -0.139. The number of nitrogens with zero attached hydrogens (tertiary/aromatic N) is 2. The molecule has 3 aromatic rings. The van der Waals surface area contributed by atoms with Gasteiger partial charge in [0.25, 0.3) is 5.56 Å². The first-order chi connectivity index (χ1) is 16.3. The Balaban J connectivity index is 1.92. The Labute approximate surface area is 201 Å². The number of rotatable bonds is 6. The van der Waals surface area contributed by atoms with Crippen molar-refractivity contribution in [2.75, 3.05) is 6.61 Å². The van der Waals surface area contributed by atoms with Crippen molar-refractivity contribution in [2.24, 2.45) is 4.99 Å². The number of esters is 1. The van der Waals surface area contributed by atoms with Gasteiger partial charge in [-0.25, -0.2) is 9.79 Å². The first kappa shape index (κ1) is 23.4. The van der Waals surface area contributed by atoms with Gasteiger partial charge in [-0.05, 0) is 62.1 Å². The molecule has 1 N–H and O–H groups in total. The number of phenolic OH excluding ortho intramolecular Hbond substituents is 1. The maximum absolute atomic E-state index is 13.6. The van der Waals surface area contributed by atoms with Gasteiger partial charge in [-0.15, -0.1) is 6.58 Å². The van der Waals surface area contributed by atoms with Crippen LogP contribution >= 0.6 is 11.3 Å². The number of benzene rings is 2. The summed E-state index contributed by atoms with van der Waals surface area (Å²) in [7, 11) is 0. The van der Waals surface area contributed by atoms with Crippen molar-refractivity contribution in [2.45, 2.75) is 33.2 Å². The fourth-order valence-electron chi connectivity index (χ4n) is 4.02. The molecule has 0 amide bonds. The van der Waals surface area contributed by atoms with Crippen LogP contribution in [0.2, 0.25) is 0 Å². The lowest BCUT2D eigenvalue weighted by Crippen LogP contribution is -2.39. The van der Waals surface area contributed by atoms with Crippen LogP contribution in [0.25, 0.3) is 6.08 Å². The predicted molar refractivity (Wildman–Crippen MR) is 134 cm³/mol. The molecule has 0 saturated heterocycles. The fourth-order valence-corrected chi connectivity index (χ4v) is 5.07. The van der Waals surface area contributed by atoms with Crippen LogP contribution < -0.4 is 14.9 Å². The summed E-state index contributed by atoms with van der Waals surface area (Å²) >= 11 is 1.27. The summed E-state index contributed by atoms with van der Waals surface area (Å²) in [5.74, 6) is -0.288. The standard InChI is InChI=1S/C27H26N2O4S/c1-5-7-20-14-18(10-13-21(20)30)15-22-25(31)29-24(19-11-8-16(3)9-12-19)23(26(32)33-6-2)17(4)28-27(29)34-22/h5,8-15,24,30H,1,6-7H2,2-4H3/b22-15+/t24-/m1/s1. The monoisotopic (exact) mass is 474 g/mol. The normalized spacial score (nSPS) is 15.6. The van der Waals surface area contributed by atoms with Gasteiger partial charge in [0, 0.05) is 0 Å². The Kier molecular flexibility index (Phi) is 6.65. The summed E-state index contributed by atoms with van der Waals surface area (Å²) in [6, 6.07) is 12.3. The van der Waals surface area contributed by atoms with Crippen molar-refractivity contribution in [3.63, 3.8) is 0 Å². The summed E-state index contributed by atoms with van der Waals surface area (Å²) in [6.45, 7) is 9.47. The van der Waals surface area contributed by atoms with E-state index in [1.54, 1.807) is 42.7 Å². The van der Waals surface area contributed by atoms with Crippen LogP contribution in [0.15, 0.2) is 76.2 Å². The van der Waals surface area contributed by atoms with Gasteiger partial charge in [-0.2, -0.15) is 0 Å². The van der Waals surface area contributed by atoms with Crippen LogP contribution in [0.4, 0.5) is 0 Å². The van der Waals surface area contributed by atoms with Gasteiger partial charge in [-0.3, -0.25) is 9.36 Å². The Hall–Kier alpha value is -3.71. The molecular formula is C27H26N2O4S. The maximum atomic E-state index is 13.6. The van der Waals surface area contributed by atoms with Crippen LogP contribution in [0, 0.1) is 6.92 Å². The number of ether oxygens (including phenoxy) is 1. The number of hydrogen-bond donors (Lipinski definition) is 1. The van der Waals surface area contributed by atoms with Gasteiger partial charge in [-0.1, -0.05) is 53.3 Å². The number of carbonyl (C=O) groups is 1. The average molecular weight is 475 g/mol. The second kappa shape index (κ2) is 9.65. The van der Waals surface area contributed by atoms with E-state index in [-0.39, 0.29) is 17.9 Å².